The lowest BCUT2D eigenvalue weighted by Crippen LogP contribution is -2.34. The molecule has 0 aliphatic heterocycles. The van der Waals surface area contributed by atoms with Gasteiger partial charge in [0.25, 0.3) is 5.97 Å². The van der Waals surface area contributed by atoms with Crippen LogP contribution in [0, 0.1) is 0 Å². The molecule has 0 spiro atoms. The van der Waals surface area contributed by atoms with Gasteiger partial charge >= 0.3 is 6.09 Å². The molecule has 0 aromatic carbocycles. The maximum Gasteiger partial charge on any atom is 0.407 e. The zero-order valence-corrected chi connectivity index (χ0v) is 15.3. The number of amides is 1. The van der Waals surface area contributed by atoms with Crippen LogP contribution in [0.25, 0.3) is 0 Å². The number of nitrogens with one attached hydrogen (secondary N) is 1. The summed E-state index contributed by atoms with van der Waals surface area (Å²) in [5.74, 6) is -0.833. The molecule has 0 fully saturated rings. The number of alkyl carbamates (subject to hydrolysis) is 1. The number of carboxylic acids is 1. The summed E-state index contributed by atoms with van der Waals surface area (Å²) in [6, 6.07) is 1.19. The second kappa shape index (κ2) is 10.1. The van der Waals surface area contributed by atoms with Gasteiger partial charge in [-0.15, -0.1) is 0 Å². The van der Waals surface area contributed by atoms with Crippen molar-refractivity contribution in [3.8, 4) is 0 Å². The Kier molecular flexibility index (Phi) is 10.9. The molecule has 7 heteroatoms. The van der Waals surface area contributed by atoms with E-state index in [4.69, 9.17) is 14.6 Å². The van der Waals surface area contributed by atoms with E-state index in [9.17, 15) is 4.79 Å². The molecule has 0 saturated carbocycles. The second-order valence-electron chi connectivity index (χ2n) is 6.37. The number of carbonyl (C=O) groups is 2. The van der Waals surface area contributed by atoms with Crippen molar-refractivity contribution in [1.29, 1.82) is 0 Å². The predicted molar refractivity (Wildman–Crippen MR) is 88.3 cm³/mol. The van der Waals surface area contributed by atoms with Gasteiger partial charge in [-0.25, -0.2) is 4.79 Å². The third-order valence-electron chi connectivity index (χ3n) is 2.13. The van der Waals surface area contributed by atoms with Crippen LogP contribution in [-0.2, 0) is 9.53 Å². The Hall–Kier alpha value is -0.693. The molecule has 0 atom stereocenters. The van der Waals surface area contributed by atoms with Crippen LogP contribution in [0.3, 0.4) is 0 Å². The first-order chi connectivity index (χ1) is 8.89. The average molecular weight is 324 g/mol. The second-order valence-corrected chi connectivity index (χ2v) is 12.5. The van der Waals surface area contributed by atoms with Gasteiger partial charge < -0.3 is 15.2 Å². The highest BCUT2D eigenvalue weighted by molar-refractivity contribution is 7.82. The number of thiol groups is 1. The summed E-state index contributed by atoms with van der Waals surface area (Å²) < 4.78 is 5.14. The van der Waals surface area contributed by atoms with E-state index in [1.165, 1.54) is 6.04 Å². The van der Waals surface area contributed by atoms with Gasteiger partial charge in [-0.05, 0) is 32.6 Å². The van der Waals surface area contributed by atoms with E-state index in [0.29, 0.717) is 6.54 Å². The lowest BCUT2D eigenvalue weighted by Gasteiger charge is -2.21. The van der Waals surface area contributed by atoms with E-state index < -0.39 is 19.6 Å². The summed E-state index contributed by atoms with van der Waals surface area (Å²) in [5.41, 5.74) is -0.413. The van der Waals surface area contributed by atoms with Gasteiger partial charge in [-0.2, -0.15) is 12.6 Å². The molecule has 0 aromatic heterocycles. The Labute approximate surface area is 128 Å². The zero-order chi connectivity index (χ0) is 16.4. The summed E-state index contributed by atoms with van der Waals surface area (Å²) >= 11 is 4.35. The number of carbonyl (C=O) groups excluding carboxylic acids is 1. The molecular formula is C13H29NO4SSi. The maximum atomic E-state index is 11.3. The summed E-state index contributed by atoms with van der Waals surface area (Å²) in [4.78, 5) is 20.3. The molecule has 20 heavy (non-hydrogen) atoms. The minimum Gasteiger partial charge on any atom is -0.481 e. The highest BCUT2D eigenvalue weighted by atomic mass is 32.1. The normalized spacial score (nSPS) is 11.2. The molecule has 1 amide bonds. The SMILES string of the molecule is CC(=O)O.CC(C)(C)OC(=O)NCCC[Si](C)(C)CS. The molecule has 0 heterocycles. The van der Waals surface area contributed by atoms with Crippen molar-refractivity contribution in [2.75, 3.05) is 11.9 Å². The van der Waals surface area contributed by atoms with Crippen molar-refractivity contribution in [1.82, 2.24) is 5.32 Å². The van der Waals surface area contributed by atoms with E-state index in [2.05, 4.69) is 31.0 Å². The zero-order valence-electron chi connectivity index (χ0n) is 13.4. The van der Waals surface area contributed by atoms with Gasteiger partial charge in [0.1, 0.15) is 5.60 Å². The van der Waals surface area contributed by atoms with Crippen molar-refractivity contribution >= 4 is 32.8 Å². The first-order valence-electron chi connectivity index (χ1n) is 6.67. The van der Waals surface area contributed by atoms with Crippen LogP contribution in [0.2, 0.25) is 19.1 Å². The van der Waals surface area contributed by atoms with E-state index in [0.717, 1.165) is 18.7 Å². The van der Waals surface area contributed by atoms with E-state index >= 15 is 0 Å². The molecule has 0 radical (unpaired) electrons. The van der Waals surface area contributed by atoms with Crippen LogP contribution >= 0.6 is 12.6 Å². The van der Waals surface area contributed by atoms with Crippen LogP contribution in [0.5, 0.6) is 0 Å². The van der Waals surface area contributed by atoms with Gasteiger partial charge in [0.2, 0.25) is 0 Å². The van der Waals surface area contributed by atoms with Crippen LogP contribution in [0.1, 0.15) is 34.1 Å². The lowest BCUT2D eigenvalue weighted by molar-refractivity contribution is -0.134. The first kappa shape index (κ1) is 21.6. The van der Waals surface area contributed by atoms with Crippen LogP contribution in [-0.4, -0.2) is 42.8 Å². The maximum absolute atomic E-state index is 11.3. The first-order valence-corrected chi connectivity index (χ1v) is 10.7. The van der Waals surface area contributed by atoms with E-state index in [1.807, 2.05) is 20.8 Å². The third kappa shape index (κ3) is 19.6. The molecular weight excluding hydrogens is 294 g/mol. The largest absolute Gasteiger partial charge is 0.481 e. The molecule has 0 saturated heterocycles. The Balaban J connectivity index is 0. The number of hydrogen-bond donors (Lipinski definition) is 3. The van der Waals surface area contributed by atoms with Gasteiger partial charge in [0, 0.05) is 13.5 Å². The standard InChI is InChI=1S/C11H25NO2SSi.C2H4O2/c1-11(2,3)14-10(13)12-7-6-8-16(4,5)9-15;1-2(3)4/h15H,6-9H2,1-5H3,(H,12,13);1H3,(H,3,4). The number of rotatable bonds is 5. The van der Waals surface area contributed by atoms with Crippen molar-refractivity contribution in [2.45, 2.75) is 58.9 Å². The lowest BCUT2D eigenvalue weighted by atomic mass is 10.2. The summed E-state index contributed by atoms with van der Waals surface area (Å²) in [7, 11) is -1.12. The minimum absolute atomic E-state index is 0.321. The van der Waals surface area contributed by atoms with Crippen LogP contribution in [0.4, 0.5) is 4.79 Å². The number of aliphatic carboxylic acids is 1. The van der Waals surface area contributed by atoms with E-state index in [-0.39, 0.29) is 6.09 Å². The van der Waals surface area contributed by atoms with Gasteiger partial charge in [-0.1, -0.05) is 19.1 Å². The number of hydrogen-bond acceptors (Lipinski definition) is 4. The molecule has 0 aromatic rings. The van der Waals surface area contributed by atoms with Crippen molar-refractivity contribution in [2.24, 2.45) is 0 Å². The number of ether oxygens (including phenoxy) is 1. The Morgan fingerprint density at radius 2 is 1.75 bits per heavy atom. The summed E-state index contributed by atoms with van der Waals surface area (Å²) in [6.07, 6.45) is 0.691. The molecule has 0 aliphatic rings. The minimum atomic E-state index is -1.12. The van der Waals surface area contributed by atoms with E-state index in [1.54, 1.807) is 0 Å². The van der Waals surface area contributed by atoms with Gasteiger partial charge in [0.15, 0.2) is 0 Å². The molecule has 5 nitrogen and oxygen atoms in total. The van der Waals surface area contributed by atoms with Crippen molar-refractivity contribution in [3.05, 3.63) is 0 Å². The monoisotopic (exact) mass is 323 g/mol. The smallest absolute Gasteiger partial charge is 0.407 e. The van der Waals surface area contributed by atoms with Crippen LogP contribution in [0.15, 0.2) is 0 Å². The average Bonchev–Trinajstić information content (AvgIpc) is 2.21. The summed E-state index contributed by atoms with van der Waals surface area (Å²) in [5, 5.41) is 11.2. The quantitative estimate of drug-likeness (QED) is 0.413. The topological polar surface area (TPSA) is 75.6 Å². The molecule has 0 bridgehead atoms. The Morgan fingerprint density at radius 1 is 1.30 bits per heavy atom. The van der Waals surface area contributed by atoms with Crippen molar-refractivity contribution < 1.29 is 19.4 Å². The fourth-order valence-corrected chi connectivity index (χ4v) is 2.92. The van der Waals surface area contributed by atoms with Gasteiger partial charge in [0.05, 0.1) is 8.07 Å². The molecule has 0 rings (SSSR count). The highest BCUT2D eigenvalue weighted by Crippen LogP contribution is 2.13. The van der Waals surface area contributed by atoms with Crippen LogP contribution < -0.4 is 5.32 Å². The Bertz CT molecular complexity index is 299. The molecule has 2 N–H and O–H groups in total. The molecule has 120 valence electrons. The highest BCUT2D eigenvalue weighted by Gasteiger charge is 2.18. The van der Waals surface area contributed by atoms with Crippen molar-refractivity contribution in [3.63, 3.8) is 0 Å². The molecule has 0 aliphatic carbocycles. The Morgan fingerprint density at radius 3 is 2.10 bits per heavy atom. The van der Waals surface area contributed by atoms with Gasteiger partial charge in [-0.3, -0.25) is 4.79 Å². The fraction of sp³-hybridized carbons (Fsp3) is 0.846. The number of carboxylic acid groups (broad SMARTS) is 1. The fourth-order valence-electron chi connectivity index (χ4n) is 1.15. The summed E-state index contributed by atoms with van der Waals surface area (Å²) in [6.45, 7) is 12.0. The third-order valence-corrected chi connectivity index (χ3v) is 7.26. The molecule has 0 unspecified atom stereocenters. The predicted octanol–water partition coefficient (Wildman–Crippen LogP) is 3.17.